The van der Waals surface area contributed by atoms with Gasteiger partial charge in [-0.05, 0) is 31.5 Å². The molecule has 0 amide bonds. The minimum Gasteiger partial charge on any atom is -0.508 e. The maximum Gasteiger partial charge on any atom is 0.117 e. The van der Waals surface area contributed by atoms with Crippen LogP contribution in [0, 0.1) is 0 Å². The molecule has 17 heavy (non-hydrogen) atoms. The van der Waals surface area contributed by atoms with Crippen LogP contribution in [0.25, 0.3) is 11.0 Å². The highest BCUT2D eigenvalue weighted by molar-refractivity contribution is 5.76. The number of phenols is 1. The standard InChI is InChI=1S/C13H17N3O/c1-13(5-2-6-14-8-13)12-15-10-4-3-9(17)7-11(10)16-12/h3-4,7,14,17H,2,5-6,8H2,1H3,(H,15,16). The molecule has 1 unspecified atom stereocenters. The molecule has 0 saturated carbocycles. The molecule has 1 aliphatic rings. The number of nitrogens with zero attached hydrogens (tertiary/aromatic N) is 1. The van der Waals surface area contributed by atoms with Gasteiger partial charge in [-0.2, -0.15) is 0 Å². The molecule has 4 heteroatoms. The highest BCUT2D eigenvalue weighted by Gasteiger charge is 2.31. The minimum absolute atomic E-state index is 0.0763. The van der Waals surface area contributed by atoms with E-state index in [1.807, 2.05) is 6.07 Å². The molecule has 90 valence electrons. The lowest BCUT2D eigenvalue weighted by molar-refractivity contribution is 0.326. The fraction of sp³-hybridized carbons (Fsp3) is 0.462. The average Bonchev–Trinajstić information content (AvgIpc) is 2.73. The van der Waals surface area contributed by atoms with Crippen LogP contribution < -0.4 is 5.32 Å². The number of rotatable bonds is 1. The zero-order chi connectivity index (χ0) is 11.9. The number of imidazole rings is 1. The average molecular weight is 231 g/mol. The maximum atomic E-state index is 9.45. The molecule has 0 radical (unpaired) electrons. The Morgan fingerprint density at radius 2 is 2.29 bits per heavy atom. The van der Waals surface area contributed by atoms with Gasteiger partial charge in [0.1, 0.15) is 11.6 Å². The van der Waals surface area contributed by atoms with Gasteiger partial charge >= 0.3 is 0 Å². The lowest BCUT2D eigenvalue weighted by atomic mass is 9.82. The Kier molecular flexibility index (Phi) is 2.33. The minimum atomic E-state index is 0.0763. The summed E-state index contributed by atoms with van der Waals surface area (Å²) in [6, 6.07) is 5.25. The Morgan fingerprint density at radius 3 is 3.06 bits per heavy atom. The van der Waals surface area contributed by atoms with Gasteiger partial charge in [0.2, 0.25) is 0 Å². The Morgan fingerprint density at radius 1 is 1.41 bits per heavy atom. The molecule has 4 nitrogen and oxygen atoms in total. The topological polar surface area (TPSA) is 60.9 Å². The van der Waals surface area contributed by atoms with Crippen LogP contribution in [0.4, 0.5) is 0 Å². The van der Waals surface area contributed by atoms with Crippen molar-refractivity contribution >= 4 is 11.0 Å². The van der Waals surface area contributed by atoms with Crippen LogP contribution in [0.3, 0.4) is 0 Å². The van der Waals surface area contributed by atoms with Gasteiger partial charge in [-0.15, -0.1) is 0 Å². The van der Waals surface area contributed by atoms with E-state index in [-0.39, 0.29) is 11.2 Å². The second-order valence-electron chi connectivity index (χ2n) is 5.13. The molecule has 3 rings (SSSR count). The van der Waals surface area contributed by atoms with Gasteiger partial charge in [-0.1, -0.05) is 6.92 Å². The zero-order valence-electron chi connectivity index (χ0n) is 9.95. The number of aromatic amines is 1. The van der Waals surface area contributed by atoms with Gasteiger partial charge in [-0.3, -0.25) is 0 Å². The van der Waals surface area contributed by atoms with Crippen molar-refractivity contribution < 1.29 is 5.11 Å². The molecule has 1 fully saturated rings. The summed E-state index contributed by atoms with van der Waals surface area (Å²) in [4.78, 5) is 7.98. The molecule has 2 heterocycles. The summed E-state index contributed by atoms with van der Waals surface area (Å²) < 4.78 is 0. The summed E-state index contributed by atoms with van der Waals surface area (Å²) in [6.45, 7) is 4.28. The Hall–Kier alpha value is -1.55. The summed E-state index contributed by atoms with van der Waals surface area (Å²) in [5, 5.41) is 12.9. The number of hydrogen-bond acceptors (Lipinski definition) is 3. The SMILES string of the molecule is CC1(c2nc3ccc(O)cc3[nH]2)CCCNC1. The number of phenolic OH excluding ortho intramolecular Hbond substituents is 1. The molecule has 1 aromatic heterocycles. The van der Waals surface area contributed by atoms with E-state index in [2.05, 4.69) is 22.2 Å². The van der Waals surface area contributed by atoms with Crippen molar-refractivity contribution in [1.82, 2.24) is 15.3 Å². The van der Waals surface area contributed by atoms with E-state index in [0.717, 1.165) is 36.4 Å². The van der Waals surface area contributed by atoms with Crippen molar-refractivity contribution in [3.05, 3.63) is 24.0 Å². The highest BCUT2D eigenvalue weighted by atomic mass is 16.3. The number of aromatic hydroxyl groups is 1. The number of piperidine rings is 1. The fourth-order valence-corrected chi connectivity index (χ4v) is 2.54. The van der Waals surface area contributed by atoms with Gasteiger partial charge in [0, 0.05) is 18.0 Å². The van der Waals surface area contributed by atoms with Crippen molar-refractivity contribution in [2.45, 2.75) is 25.2 Å². The van der Waals surface area contributed by atoms with E-state index in [4.69, 9.17) is 0 Å². The molecule has 1 aliphatic heterocycles. The zero-order valence-corrected chi connectivity index (χ0v) is 9.95. The smallest absolute Gasteiger partial charge is 0.117 e. The lowest BCUT2D eigenvalue weighted by Gasteiger charge is -2.32. The third-order valence-electron chi connectivity index (χ3n) is 3.63. The summed E-state index contributed by atoms with van der Waals surface area (Å²) in [5.74, 6) is 1.30. The quantitative estimate of drug-likeness (QED) is 0.702. The number of benzene rings is 1. The normalized spacial score (nSPS) is 25.2. The Balaban J connectivity index is 2.05. The van der Waals surface area contributed by atoms with E-state index >= 15 is 0 Å². The molecule has 0 spiro atoms. The van der Waals surface area contributed by atoms with E-state index < -0.39 is 0 Å². The van der Waals surface area contributed by atoms with Crippen molar-refractivity contribution in [2.24, 2.45) is 0 Å². The summed E-state index contributed by atoms with van der Waals surface area (Å²) in [6.07, 6.45) is 2.32. The van der Waals surface area contributed by atoms with Crippen LogP contribution in [0.15, 0.2) is 18.2 Å². The molecule has 0 bridgehead atoms. The molecule has 2 aromatic rings. The van der Waals surface area contributed by atoms with Crippen LogP contribution >= 0.6 is 0 Å². The largest absolute Gasteiger partial charge is 0.508 e. The number of H-pyrrole nitrogens is 1. The van der Waals surface area contributed by atoms with Gasteiger partial charge in [-0.25, -0.2) is 4.98 Å². The van der Waals surface area contributed by atoms with Crippen LogP contribution in [-0.2, 0) is 5.41 Å². The predicted molar refractivity (Wildman–Crippen MR) is 67.2 cm³/mol. The first-order chi connectivity index (χ1) is 8.17. The number of nitrogens with one attached hydrogen (secondary N) is 2. The second-order valence-corrected chi connectivity index (χ2v) is 5.13. The summed E-state index contributed by atoms with van der Waals surface area (Å²) >= 11 is 0. The van der Waals surface area contributed by atoms with Crippen LogP contribution in [0.2, 0.25) is 0 Å². The Labute approximate surface area is 100 Å². The van der Waals surface area contributed by atoms with E-state index in [0.29, 0.717) is 0 Å². The van der Waals surface area contributed by atoms with Crippen molar-refractivity contribution in [2.75, 3.05) is 13.1 Å². The van der Waals surface area contributed by atoms with Gasteiger partial charge in [0.05, 0.1) is 11.0 Å². The molecule has 1 aromatic carbocycles. The fourth-order valence-electron chi connectivity index (χ4n) is 2.54. The third kappa shape index (κ3) is 1.78. The maximum absolute atomic E-state index is 9.45. The van der Waals surface area contributed by atoms with Crippen LogP contribution in [-0.4, -0.2) is 28.2 Å². The van der Waals surface area contributed by atoms with E-state index in [1.54, 1.807) is 12.1 Å². The second kappa shape index (κ2) is 3.74. The Bertz CT molecular complexity index is 541. The first kappa shape index (κ1) is 10.6. The molecular weight excluding hydrogens is 214 g/mol. The van der Waals surface area contributed by atoms with Gasteiger partial charge < -0.3 is 15.4 Å². The molecule has 0 aliphatic carbocycles. The van der Waals surface area contributed by atoms with Crippen molar-refractivity contribution in [1.29, 1.82) is 0 Å². The van der Waals surface area contributed by atoms with E-state index in [1.165, 1.54) is 6.42 Å². The monoisotopic (exact) mass is 231 g/mol. The van der Waals surface area contributed by atoms with Crippen LogP contribution in [0.1, 0.15) is 25.6 Å². The van der Waals surface area contributed by atoms with Crippen molar-refractivity contribution in [3.8, 4) is 5.75 Å². The number of aromatic nitrogens is 2. The number of fused-ring (bicyclic) bond motifs is 1. The van der Waals surface area contributed by atoms with Crippen LogP contribution in [0.5, 0.6) is 5.75 Å². The van der Waals surface area contributed by atoms with E-state index in [9.17, 15) is 5.11 Å². The summed E-state index contributed by atoms with van der Waals surface area (Å²) in [5.41, 5.74) is 1.91. The third-order valence-corrected chi connectivity index (χ3v) is 3.63. The first-order valence-electron chi connectivity index (χ1n) is 6.07. The summed E-state index contributed by atoms with van der Waals surface area (Å²) in [7, 11) is 0. The molecule has 1 saturated heterocycles. The molecule has 3 N–H and O–H groups in total. The highest BCUT2D eigenvalue weighted by Crippen LogP contribution is 2.30. The number of hydrogen-bond donors (Lipinski definition) is 3. The van der Waals surface area contributed by atoms with Gasteiger partial charge in [0.25, 0.3) is 0 Å². The lowest BCUT2D eigenvalue weighted by Crippen LogP contribution is -2.41. The first-order valence-corrected chi connectivity index (χ1v) is 6.07. The predicted octanol–water partition coefficient (Wildman–Crippen LogP) is 1.91. The molecule has 1 atom stereocenters. The van der Waals surface area contributed by atoms with Crippen molar-refractivity contribution in [3.63, 3.8) is 0 Å². The molecular formula is C13H17N3O. The van der Waals surface area contributed by atoms with Gasteiger partial charge in [0.15, 0.2) is 0 Å².